The molecule has 0 fully saturated rings. The van der Waals surface area contributed by atoms with E-state index in [1.165, 1.54) is 0 Å². The van der Waals surface area contributed by atoms with Gasteiger partial charge in [0.15, 0.2) is 0 Å². The second-order valence-electron chi connectivity index (χ2n) is 6.68. The third-order valence-corrected chi connectivity index (χ3v) is 4.27. The summed E-state index contributed by atoms with van der Waals surface area (Å²) in [5.41, 5.74) is 2.60. The highest BCUT2D eigenvalue weighted by Gasteiger charge is 2.21. The standard InChI is InChI=1S/C18H25N5O2/c1-21(2)7-6-19-18(25)17-11-15-13-22(8-9-23(15)20-17)12-14-4-3-5-16(24)10-14/h3-5,10-11,24H,6-9,12-13H2,1-2H3,(H,19,25). The Kier molecular flexibility index (Phi) is 5.35. The highest BCUT2D eigenvalue weighted by Crippen LogP contribution is 2.18. The van der Waals surface area contributed by atoms with Gasteiger partial charge in [-0.15, -0.1) is 0 Å². The molecule has 0 aliphatic carbocycles. The lowest BCUT2D eigenvalue weighted by atomic mass is 10.2. The molecule has 0 spiro atoms. The molecule has 7 nitrogen and oxygen atoms in total. The number of carbonyl (C=O) groups excluding carboxylic acids is 1. The predicted octanol–water partition coefficient (Wildman–Crippen LogP) is 0.896. The fourth-order valence-corrected chi connectivity index (χ4v) is 2.96. The van der Waals surface area contributed by atoms with Crippen molar-refractivity contribution in [3.05, 3.63) is 47.3 Å². The van der Waals surface area contributed by atoms with E-state index in [0.717, 1.165) is 44.0 Å². The Balaban J connectivity index is 1.60. The first-order valence-corrected chi connectivity index (χ1v) is 8.51. The molecule has 1 amide bonds. The molecule has 0 radical (unpaired) electrons. The van der Waals surface area contributed by atoms with Gasteiger partial charge in [0.2, 0.25) is 0 Å². The second-order valence-corrected chi connectivity index (χ2v) is 6.68. The normalized spacial score (nSPS) is 14.5. The number of hydrogen-bond acceptors (Lipinski definition) is 5. The molecule has 7 heteroatoms. The summed E-state index contributed by atoms with van der Waals surface area (Å²) >= 11 is 0. The average molecular weight is 343 g/mol. The topological polar surface area (TPSA) is 73.6 Å². The molecule has 134 valence electrons. The van der Waals surface area contributed by atoms with Crippen molar-refractivity contribution in [3.63, 3.8) is 0 Å². The number of rotatable bonds is 6. The predicted molar refractivity (Wildman–Crippen MR) is 95.3 cm³/mol. The van der Waals surface area contributed by atoms with Crippen molar-refractivity contribution in [3.8, 4) is 5.75 Å². The molecule has 25 heavy (non-hydrogen) atoms. The number of phenolic OH excluding ortho intramolecular Hbond substituents is 1. The first-order chi connectivity index (χ1) is 12.0. The quantitative estimate of drug-likeness (QED) is 0.815. The zero-order chi connectivity index (χ0) is 17.8. The van der Waals surface area contributed by atoms with Gasteiger partial charge in [-0.25, -0.2) is 0 Å². The molecule has 0 saturated heterocycles. The number of amides is 1. The number of hydrogen-bond donors (Lipinski definition) is 2. The molecule has 2 heterocycles. The van der Waals surface area contributed by atoms with Crippen LogP contribution in [0, 0.1) is 0 Å². The molecule has 1 aliphatic rings. The van der Waals surface area contributed by atoms with E-state index in [4.69, 9.17) is 0 Å². The number of carbonyl (C=O) groups is 1. The molecule has 1 aliphatic heterocycles. The van der Waals surface area contributed by atoms with Crippen LogP contribution in [0.4, 0.5) is 0 Å². The maximum atomic E-state index is 12.2. The van der Waals surface area contributed by atoms with Gasteiger partial charge >= 0.3 is 0 Å². The summed E-state index contributed by atoms with van der Waals surface area (Å²) in [7, 11) is 3.95. The lowest BCUT2D eigenvalue weighted by molar-refractivity contribution is 0.0945. The molecule has 1 aromatic carbocycles. The molecule has 3 rings (SSSR count). The minimum Gasteiger partial charge on any atom is -0.508 e. The average Bonchev–Trinajstić information content (AvgIpc) is 2.98. The van der Waals surface area contributed by atoms with Gasteiger partial charge in [-0.1, -0.05) is 12.1 Å². The summed E-state index contributed by atoms with van der Waals surface area (Å²) in [6.45, 7) is 4.55. The van der Waals surface area contributed by atoms with E-state index >= 15 is 0 Å². The van der Waals surface area contributed by atoms with Crippen molar-refractivity contribution in [1.82, 2.24) is 24.9 Å². The van der Waals surface area contributed by atoms with E-state index in [9.17, 15) is 9.90 Å². The molecule has 2 N–H and O–H groups in total. The molecule has 0 saturated carbocycles. The summed E-state index contributed by atoms with van der Waals surface area (Å²) in [6.07, 6.45) is 0. The minimum atomic E-state index is -0.122. The van der Waals surface area contributed by atoms with Crippen molar-refractivity contribution < 1.29 is 9.90 Å². The van der Waals surface area contributed by atoms with Crippen LogP contribution in [-0.4, -0.2) is 64.3 Å². The van der Waals surface area contributed by atoms with Gasteiger partial charge in [-0.3, -0.25) is 14.4 Å². The zero-order valence-corrected chi connectivity index (χ0v) is 14.8. The number of fused-ring (bicyclic) bond motifs is 1. The minimum absolute atomic E-state index is 0.122. The van der Waals surface area contributed by atoms with Crippen molar-refractivity contribution in [1.29, 1.82) is 0 Å². The largest absolute Gasteiger partial charge is 0.508 e. The van der Waals surface area contributed by atoms with Gasteiger partial charge in [0.05, 0.1) is 12.2 Å². The number of nitrogens with zero attached hydrogens (tertiary/aromatic N) is 4. The smallest absolute Gasteiger partial charge is 0.271 e. The summed E-state index contributed by atoms with van der Waals surface area (Å²) in [6, 6.07) is 9.20. The van der Waals surface area contributed by atoms with Gasteiger partial charge in [0, 0.05) is 32.7 Å². The highest BCUT2D eigenvalue weighted by atomic mass is 16.3. The molecule has 0 bridgehead atoms. The second kappa shape index (κ2) is 7.67. The SMILES string of the molecule is CN(C)CCNC(=O)c1cc2n(n1)CCN(Cc1cccc(O)c1)C2. The van der Waals surface area contributed by atoms with Crippen LogP contribution < -0.4 is 5.32 Å². The van der Waals surface area contributed by atoms with Crippen LogP contribution in [0.2, 0.25) is 0 Å². The number of aromatic hydroxyl groups is 1. The number of phenols is 1. The van der Waals surface area contributed by atoms with E-state index in [2.05, 4.69) is 15.3 Å². The van der Waals surface area contributed by atoms with Crippen LogP contribution in [-0.2, 0) is 19.6 Å². The van der Waals surface area contributed by atoms with Gasteiger partial charge < -0.3 is 15.3 Å². The molecular weight excluding hydrogens is 318 g/mol. The van der Waals surface area contributed by atoms with Gasteiger partial charge in [0.1, 0.15) is 11.4 Å². The van der Waals surface area contributed by atoms with Crippen molar-refractivity contribution in [2.45, 2.75) is 19.6 Å². The Morgan fingerprint density at radius 2 is 2.16 bits per heavy atom. The van der Waals surface area contributed by atoms with Gasteiger partial charge in [0.25, 0.3) is 5.91 Å². The Hall–Kier alpha value is -2.38. The maximum Gasteiger partial charge on any atom is 0.271 e. The monoisotopic (exact) mass is 343 g/mol. The summed E-state index contributed by atoms with van der Waals surface area (Å²) in [5.74, 6) is 0.166. The third-order valence-electron chi connectivity index (χ3n) is 4.27. The first kappa shape index (κ1) is 17.4. The number of benzene rings is 1. The van der Waals surface area contributed by atoms with E-state index < -0.39 is 0 Å². The number of aromatic nitrogens is 2. The Morgan fingerprint density at radius 1 is 1.32 bits per heavy atom. The van der Waals surface area contributed by atoms with Crippen molar-refractivity contribution in [2.24, 2.45) is 0 Å². The summed E-state index contributed by atoms with van der Waals surface area (Å²) < 4.78 is 1.92. The van der Waals surface area contributed by atoms with Crippen molar-refractivity contribution in [2.75, 3.05) is 33.7 Å². The maximum absolute atomic E-state index is 12.2. The van der Waals surface area contributed by atoms with Crippen molar-refractivity contribution >= 4 is 5.91 Å². The Bertz CT molecular complexity index is 741. The van der Waals surface area contributed by atoms with E-state index in [1.54, 1.807) is 12.1 Å². The molecule has 0 unspecified atom stereocenters. The van der Waals surface area contributed by atoms with E-state index in [-0.39, 0.29) is 11.7 Å². The summed E-state index contributed by atoms with van der Waals surface area (Å²) in [5, 5.41) is 16.9. The number of nitrogens with one attached hydrogen (secondary N) is 1. The lowest BCUT2D eigenvalue weighted by Crippen LogP contribution is -2.33. The molecular formula is C18H25N5O2. The van der Waals surface area contributed by atoms with Crippen LogP contribution in [0.25, 0.3) is 0 Å². The van der Waals surface area contributed by atoms with Crippen LogP contribution in [0.1, 0.15) is 21.7 Å². The molecule has 0 atom stereocenters. The third kappa shape index (κ3) is 4.58. The van der Waals surface area contributed by atoms with Crippen LogP contribution in [0.3, 0.4) is 0 Å². The van der Waals surface area contributed by atoms with Crippen LogP contribution in [0.5, 0.6) is 5.75 Å². The Labute approximate surface area is 147 Å². The highest BCUT2D eigenvalue weighted by molar-refractivity contribution is 5.92. The van der Waals surface area contributed by atoms with Crippen LogP contribution >= 0.6 is 0 Å². The van der Waals surface area contributed by atoms with Gasteiger partial charge in [-0.2, -0.15) is 5.10 Å². The zero-order valence-electron chi connectivity index (χ0n) is 14.8. The Morgan fingerprint density at radius 3 is 2.92 bits per heavy atom. The fourth-order valence-electron chi connectivity index (χ4n) is 2.96. The van der Waals surface area contributed by atoms with Gasteiger partial charge in [-0.05, 0) is 37.9 Å². The molecule has 1 aromatic heterocycles. The van der Waals surface area contributed by atoms with E-state index in [0.29, 0.717) is 12.2 Å². The lowest BCUT2D eigenvalue weighted by Gasteiger charge is -2.27. The summed E-state index contributed by atoms with van der Waals surface area (Å²) in [4.78, 5) is 16.5. The first-order valence-electron chi connectivity index (χ1n) is 8.51. The molecule has 2 aromatic rings. The van der Waals surface area contributed by atoms with E-state index in [1.807, 2.05) is 41.9 Å². The number of likely N-dealkylation sites (N-methyl/N-ethyl adjacent to an activating group) is 1. The van der Waals surface area contributed by atoms with Crippen LogP contribution in [0.15, 0.2) is 30.3 Å². The fraction of sp³-hybridized carbons (Fsp3) is 0.444.